The summed E-state index contributed by atoms with van der Waals surface area (Å²) < 4.78 is 33.5. The van der Waals surface area contributed by atoms with Crippen LogP contribution >= 0.6 is 0 Å². The van der Waals surface area contributed by atoms with E-state index in [2.05, 4.69) is 0 Å². The Morgan fingerprint density at radius 1 is 0.778 bits per heavy atom. The maximum Gasteiger partial charge on any atom is 0.230 e. The van der Waals surface area contributed by atoms with Crippen molar-refractivity contribution in [1.29, 1.82) is 0 Å². The Labute approximate surface area is 252 Å². The van der Waals surface area contributed by atoms with Gasteiger partial charge in [-0.1, -0.05) is 0 Å². The minimum Gasteiger partial charge on any atom is -0.504 e. The number of phenolic OH excluding ortho intramolecular Hbond substituents is 3. The van der Waals surface area contributed by atoms with Gasteiger partial charge in [0.1, 0.15) is 59.5 Å². The highest BCUT2D eigenvalue weighted by Gasteiger charge is 2.51. The molecule has 10 N–H and O–H groups in total. The van der Waals surface area contributed by atoms with Crippen molar-refractivity contribution in [3.05, 3.63) is 40.6 Å². The molecule has 2 saturated heterocycles. The quantitative estimate of drug-likeness (QED) is 0.115. The van der Waals surface area contributed by atoms with Crippen molar-refractivity contribution < 1.29 is 79.2 Å². The highest BCUT2D eigenvalue weighted by atomic mass is 16.8. The fraction of sp³-hybridized carbons (Fsp3) is 0.464. The molecule has 3 aromatic rings. The summed E-state index contributed by atoms with van der Waals surface area (Å²) in [4.78, 5) is 13.2. The molecule has 2 aliphatic rings. The lowest BCUT2D eigenvalue weighted by atomic mass is 9.97. The Kier molecular flexibility index (Phi) is 9.38. The summed E-state index contributed by atoms with van der Waals surface area (Å²) in [6.45, 7) is -1.60. The van der Waals surface area contributed by atoms with Crippen LogP contribution in [0.1, 0.15) is 0 Å². The summed E-state index contributed by atoms with van der Waals surface area (Å²) in [6, 6.07) is 5.90. The Bertz CT molecular complexity index is 1570. The number of benzene rings is 2. The second-order valence-electron chi connectivity index (χ2n) is 10.4. The smallest absolute Gasteiger partial charge is 0.230 e. The van der Waals surface area contributed by atoms with Gasteiger partial charge in [0, 0.05) is 17.7 Å². The number of hydrogen-bond acceptors (Lipinski definition) is 17. The van der Waals surface area contributed by atoms with Gasteiger partial charge in [0.2, 0.25) is 12.0 Å². The van der Waals surface area contributed by atoms with Gasteiger partial charge in [-0.3, -0.25) is 4.79 Å². The number of phenols is 3. The number of hydrogen-bond donors (Lipinski definition) is 10. The van der Waals surface area contributed by atoms with Gasteiger partial charge in [-0.2, -0.15) is 0 Å². The number of aliphatic hydroxyl groups excluding tert-OH is 7. The summed E-state index contributed by atoms with van der Waals surface area (Å²) in [6.07, 6.45) is -17.4. The third kappa shape index (κ3) is 5.98. The van der Waals surface area contributed by atoms with Gasteiger partial charge < -0.3 is 79.2 Å². The van der Waals surface area contributed by atoms with E-state index in [1.54, 1.807) is 0 Å². The van der Waals surface area contributed by atoms with Crippen LogP contribution in [0.15, 0.2) is 39.5 Å². The summed E-state index contributed by atoms with van der Waals surface area (Å²) >= 11 is 0. The lowest BCUT2D eigenvalue weighted by Gasteiger charge is -2.45. The minimum absolute atomic E-state index is 0.0376. The van der Waals surface area contributed by atoms with Gasteiger partial charge in [0.05, 0.1) is 20.3 Å². The van der Waals surface area contributed by atoms with Crippen molar-refractivity contribution in [2.24, 2.45) is 0 Å². The molecule has 5 rings (SSSR count). The van der Waals surface area contributed by atoms with E-state index in [-0.39, 0.29) is 28.0 Å². The van der Waals surface area contributed by atoms with E-state index in [4.69, 9.17) is 28.1 Å². The number of aliphatic hydroxyl groups is 7. The second-order valence-corrected chi connectivity index (χ2v) is 10.4. The molecule has 2 aromatic carbocycles. The number of methoxy groups -OCH3 is 1. The molecule has 0 saturated carbocycles. The summed E-state index contributed by atoms with van der Waals surface area (Å²) in [5.41, 5.74) is -0.741. The third-order valence-corrected chi connectivity index (χ3v) is 7.59. The van der Waals surface area contributed by atoms with Crippen molar-refractivity contribution in [3.8, 4) is 40.1 Å². The second kappa shape index (κ2) is 12.9. The van der Waals surface area contributed by atoms with E-state index in [0.717, 1.165) is 12.1 Å². The molecular weight excluding hydrogens is 608 g/mol. The Morgan fingerprint density at radius 3 is 2.04 bits per heavy atom. The largest absolute Gasteiger partial charge is 0.504 e. The molecule has 0 amide bonds. The van der Waals surface area contributed by atoms with Crippen molar-refractivity contribution in [2.45, 2.75) is 61.4 Å². The maximum absolute atomic E-state index is 13.2. The molecule has 0 spiro atoms. The van der Waals surface area contributed by atoms with Crippen molar-refractivity contribution in [1.82, 2.24) is 0 Å². The Balaban J connectivity index is 1.53. The molecule has 17 heteroatoms. The van der Waals surface area contributed by atoms with Gasteiger partial charge >= 0.3 is 0 Å². The van der Waals surface area contributed by atoms with Gasteiger partial charge in [-0.15, -0.1) is 0 Å². The van der Waals surface area contributed by atoms with Crippen LogP contribution in [0.5, 0.6) is 28.7 Å². The molecule has 2 aliphatic heterocycles. The normalized spacial score (nSPS) is 32.0. The lowest BCUT2D eigenvalue weighted by Crippen LogP contribution is -2.65. The van der Waals surface area contributed by atoms with E-state index in [9.17, 15) is 55.9 Å². The fourth-order valence-electron chi connectivity index (χ4n) is 5.09. The lowest BCUT2D eigenvalue weighted by molar-refractivity contribution is -0.358. The first kappa shape index (κ1) is 32.6. The van der Waals surface area contributed by atoms with Crippen LogP contribution < -0.4 is 14.9 Å². The zero-order chi connectivity index (χ0) is 32.7. The molecule has 0 aliphatic carbocycles. The number of rotatable bonds is 8. The van der Waals surface area contributed by atoms with Crippen LogP contribution in [0.2, 0.25) is 0 Å². The van der Waals surface area contributed by atoms with E-state index >= 15 is 0 Å². The maximum atomic E-state index is 13.2. The van der Waals surface area contributed by atoms with E-state index in [1.807, 2.05) is 0 Å². The standard InChI is InChI=1S/C28H32O17/c1-40-15-6-14-18(12(33)5-13(41-14)9-2-3-10(31)11(32)4-9)21(36)25(15)44-28-26(23(38)20(35)17(8-30)43-28)45-27-24(39)22(37)19(34)16(7-29)42-27/h2-6,16-17,19-20,22-24,26-32,34-39H,7-8H2,1H3/t16-,17-,19-,20+,22+,23+,24-,26-,27+,28?/m1/s1. The third-order valence-electron chi connectivity index (χ3n) is 7.59. The molecule has 3 heterocycles. The molecular formula is C28H32O17. The van der Waals surface area contributed by atoms with E-state index in [1.165, 1.54) is 25.3 Å². The van der Waals surface area contributed by atoms with Crippen molar-refractivity contribution >= 4 is 11.0 Å². The molecule has 45 heavy (non-hydrogen) atoms. The van der Waals surface area contributed by atoms with Gasteiger partial charge in [0.15, 0.2) is 40.8 Å². The average Bonchev–Trinajstić information content (AvgIpc) is 3.02. The summed E-state index contributed by atoms with van der Waals surface area (Å²) in [5, 5.41) is 102. The number of fused-ring (bicyclic) bond motifs is 1. The fourth-order valence-corrected chi connectivity index (χ4v) is 5.09. The minimum atomic E-state index is -1.92. The number of ether oxygens (including phenoxy) is 5. The Morgan fingerprint density at radius 2 is 1.42 bits per heavy atom. The first-order valence-corrected chi connectivity index (χ1v) is 13.5. The first-order chi connectivity index (χ1) is 21.4. The molecule has 0 radical (unpaired) electrons. The average molecular weight is 641 g/mol. The van der Waals surface area contributed by atoms with Crippen LogP contribution in [-0.2, 0) is 14.2 Å². The first-order valence-electron chi connectivity index (χ1n) is 13.5. The summed E-state index contributed by atoms with van der Waals surface area (Å²) in [5.74, 6) is -2.48. The van der Waals surface area contributed by atoms with Crippen LogP contribution in [-0.4, -0.2) is 133 Å². The number of aromatic hydroxyl groups is 3. The molecule has 0 bridgehead atoms. The van der Waals surface area contributed by atoms with E-state index in [0.29, 0.717) is 0 Å². The highest BCUT2D eigenvalue weighted by Crippen LogP contribution is 2.44. The van der Waals surface area contributed by atoms with Crippen molar-refractivity contribution in [3.63, 3.8) is 0 Å². The monoisotopic (exact) mass is 640 g/mol. The summed E-state index contributed by atoms with van der Waals surface area (Å²) in [7, 11) is 1.19. The molecule has 10 atom stereocenters. The SMILES string of the molecule is COc1cc2oc(-c3ccc(O)c(O)c3)cc(=O)c2c(O)c1OC1O[C@H](CO)[C@H](O)[C@H](O)[C@H]1O[C@@H]1O[C@H](CO)[C@@H](O)[C@H](O)[C@H]1O. The zero-order valence-corrected chi connectivity index (χ0v) is 23.4. The molecule has 1 unspecified atom stereocenters. The zero-order valence-electron chi connectivity index (χ0n) is 23.4. The molecule has 17 nitrogen and oxygen atoms in total. The molecule has 2 fully saturated rings. The van der Waals surface area contributed by atoms with E-state index < -0.39 is 103 Å². The van der Waals surface area contributed by atoms with Crippen LogP contribution in [0, 0.1) is 0 Å². The Hall–Kier alpha value is -3.75. The highest BCUT2D eigenvalue weighted by molar-refractivity contribution is 5.89. The van der Waals surface area contributed by atoms with Crippen LogP contribution in [0.25, 0.3) is 22.3 Å². The van der Waals surface area contributed by atoms with Gasteiger partial charge in [-0.25, -0.2) is 0 Å². The van der Waals surface area contributed by atoms with Crippen molar-refractivity contribution in [2.75, 3.05) is 20.3 Å². The van der Waals surface area contributed by atoms with Gasteiger partial charge in [0.25, 0.3) is 0 Å². The molecule has 1 aromatic heterocycles. The van der Waals surface area contributed by atoms with Crippen LogP contribution in [0.4, 0.5) is 0 Å². The van der Waals surface area contributed by atoms with Crippen LogP contribution in [0.3, 0.4) is 0 Å². The molecule has 246 valence electrons. The van der Waals surface area contributed by atoms with Gasteiger partial charge in [-0.05, 0) is 18.2 Å². The predicted molar refractivity (Wildman–Crippen MR) is 146 cm³/mol. The topological polar surface area (TPSA) is 279 Å². The predicted octanol–water partition coefficient (Wildman–Crippen LogP) is -2.41.